The normalized spacial score (nSPS) is 11.6. The van der Waals surface area contributed by atoms with Gasteiger partial charge in [0, 0.05) is 19.5 Å². The van der Waals surface area contributed by atoms with Crippen molar-refractivity contribution in [2.45, 2.75) is 59.0 Å². The average Bonchev–Trinajstić information content (AvgIpc) is 2.85. The summed E-state index contributed by atoms with van der Waals surface area (Å²) in [4.78, 5) is 29.0. The van der Waals surface area contributed by atoms with Gasteiger partial charge in [0.2, 0.25) is 11.8 Å². The summed E-state index contributed by atoms with van der Waals surface area (Å²) in [6, 6.07) is 25.5. The van der Waals surface area contributed by atoms with Crippen LogP contribution in [0.3, 0.4) is 0 Å². The molecule has 0 bridgehead atoms. The molecule has 4 nitrogen and oxygen atoms in total. The van der Waals surface area contributed by atoms with Gasteiger partial charge in [-0.15, -0.1) is 0 Å². The van der Waals surface area contributed by atoms with Gasteiger partial charge in [0.05, 0.1) is 6.42 Å². The fraction of sp³-hybridized carbons (Fsp3) is 0.333. The second kappa shape index (κ2) is 12.7. The fourth-order valence-corrected chi connectivity index (χ4v) is 4.10. The van der Waals surface area contributed by atoms with Crippen LogP contribution in [-0.2, 0) is 29.0 Å². The van der Waals surface area contributed by atoms with Gasteiger partial charge in [0.1, 0.15) is 6.04 Å². The second-order valence-corrected chi connectivity index (χ2v) is 8.96. The number of nitrogens with zero attached hydrogens (tertiary/aromatic N) is 1. The predicted molar refractivity (Wildman–Crippen MR) is 138 cm³/mol. The molecule has 0 aliphatic heterocycles. The number of unbranched alkanes of at least 4 members (excludes halogenated alkanes) is 1. The Morgan fingerprint density at radius 1 is 0.882 bits per heavy atom. The van der Waals surface area contributed by atoms with Crippen LogP contribution < -0.4 is 5.32 Å². The van der Waals surface area contributed by atoms with Crippen LogP contribution in [0.15, 0.2) is 78.9 Å². The minimum atomic E-state index is -0.586. The van der Waals surface area contributed by atoms with E-state index in [0.29, 0.717) is 19.5 Å². The van der Waals surface area contributed by atoms with Gasteiger partial charge in [0.25, 0.3) is 0 Å². The molecule has 0 spiro atoms. The third-order valence-electron chi connectivity index (χ3n) is 6.14. The van der Waals surface area contributed by atoms with E-state index in [-0.39, 0.29) is 18.2 Å². The third kappa shape index (κ3) is 7.31. The molecule has 3 rings (SSSR count). The summed E-state index contributed by atoms with van der Waals surface area (Å²) in [5, 5.41) is 3.08. The molecule has 4 heteroatoms. The Morgan fingerprint density at radius 3 is 2.18 bits per heavy atom. The summed E-state index contributed by atoms with van der Waals surface area (Å²) in [5.41, 5.74) is 5.27. The number of hydrogen-bond donors (Lipinski definition) is 1. The van der Waals surface area contributed by atoms with Gasteiger partial charge in [-0.3, -0.25) is 9.59 Å². The molecule has 3 aromatic rings. The fourth-order valence-electron chi connectivity index (χ4n) is 4.10. The maximum Gasteiger partial charge on any atom is 0.243 e. The number of carbonyl (C=O) groups excluding carboxylic acids is 2. The standard InChI is InChI=1S/C30H36N2O2/c1-4-5-18-31-30(34)28(20-25-12-8-6-9-13-25)32(22-26-14-10-7-11-15-26)29(33)21-27-19-23(2)16-17-24(27)3/h6-17,19,28H,4-5,18,20-22H2,1-3H3,(H,31,34). The summed E-state index contributed by atoms with van der Waals surface area (Å²) < 4.78 is 0. The van der Waals surface area contributed by atoms with E-state index in [4.69, 9.17) is 0 Å². The number of carbonyl (C=O) groups is 2. The van der Waals surface area contributed by atoms with Crippen molar-refractivity contribution in [1.82, 2.24) is 10.2 Å². The van der Waals surface area contributed by atoms with Crippen LogP contribution in [0.5, 0.6) is 0 Å². The summed E-state index contributed by atoms with van der Waals surface area (Å²) in [6.45, 7) is 7.17. The van der Waals surface area contributed by atoms with E-state index >= 15 is 0 Å². The average molecular weight is 457 g/mol. The third-order valence-corrected chi connectivity index (χ3v) is 6.14. The predicted octanol–water partition coefficient (Wildman–Crippen LogP) is 5.40. The Balaban J connectivity index is 1.94. The van der Waals surface area contributed by atoms with Gasteiger partial charge in [0.15, 0.2) is 0 Å². The van der Waals surface area contributed by atoms with Crippen molar-refractivity contribution in [3.63, 3.8) is 0 Å². The number of amides is 2. The van der Waals surface area contributed by atoms with Crippen LogP contribution in [0.25, 0.3) is 0 Å². The molecule has 0 saturated heterocycles. The minimum absolute atomic E-state index is 0.0378. The Kier molecular flexibility index (Phi) is 9.45. The summed E-state index contributed by atoms with van der Waals surface area (Å²) in [5.74, 6) is -0.133. The highest BCUT2D eigenvalue weighted by atomic mass is 16.2. The molecular weight excluding hydrogens is 420 g/mol. The van der Waals surface area contributed by atoms with Crippen LogP contribution in [0.2, 0.25) is 0 Å². The first-order valence-electron chi connectivity index (χ1n) is 12.2. The molecule has 0 aliphatic carbocycles. The zero-order chi connectivity index (χ0) is 24.3. The van der Waals surface area contributed by atoms with Crippen molar-refractivity contribution in [3.8, 4) is 0 Å². The van der Waals surface area contributed by atoms with Gasteiger partial charge in [-0.05, 0) is 42.5 Å². The topological polar surface area (TPSA) is 49.4 Å². The number of rotatable bonds is 11. The summed E-state index contributed by atoms with van der Waals surface area (Å²) in [6.07, 6.45) is 2.67. The number of aryl methyl sites for hydroxylation is 2. The van der Waals surface area contributed by atoms with Crippen LogP contribution in [0, 0.1) is 13.8 Å². The molecule has 178 valence electrons. The van der Waals surface area contributed by atoms with E-state index < -0.39 is 6.04 Å². The molecule has 0 heterocycles. The first-order chi connectivity index (χ1) is 16.5. The molecule has 2 amide bonds. The van der Waals surface area contributed by atoms with Crippen LogP contribution in [-0.4, -0.2) is 29.3 Å². The lowest BCUT2D eigenvalue weighted by Gasteiger charge is -2.32. The highest BCUT2D eigenvalue weighted by Crippen LogP contribution is 2.18. The molecule has 1 N–H and O–H groups in total. The van der Waals surface area contributed by atoms with E-state index in [9.17, 15) is 9.59 Å². The molecule has 0 radical (unpaired) electrons. The number of benzene rings is 3. The smallest absolute Gasteiger partial charge is 0.243 e. The van der Waals surface area contributed by atoms with Crippen molar-refractivity contribution in [2.24, 2.45) is 0 Å². The van der Waals surface area contributed by atoms with Crippen molar-refractivity contribution in [3.05, 3.63) is 107 Å². The van der Waals surface area contributed by atoms with Crippen molar-refractivity contribution >= 4 is 11.8 Å². The molecular formula is C30H36N2O2. The first-order valence-corrected chi connectivity index (χ1v) is 12.2. The Hall–Kier alpha value is -3.40. The van der Waals surface area contributed by atoms with E-state index in [1.807, 2.05) is 74.5 Å². The number of nitrogens with one attached hydrogen (secondary N) is 1. The second-order valence-electron chi connectivity index (χ2n) is 8.96. The maximum absolute atomic E-state index is 13.8. The Morgan fingerprint density at radius 2 is 1.53 bits per heavy atom. The zero-order valence-electron chi connectivity index (χ0n) is 20.6. The van der Waals surface area contributed by atoms with Crippen molar-refractivity contribution < 1.29 is 9.59 Å². The molecule has 1 unspecified atom stereocenters. The maximum atomic E-state index is 13.8. The SMILES string of the molecule is CCCCNC(=O)C(Cc1ccccc1)N(Cc1ccccc1)C(=O)Cc1cc(C)ccc1C. The minimum Gasteiger partial charge on any atom is -0.354 e. The van der Waals surface area contributed by atoms with E-state index in [2.05, 4.69) is 30.4 Å². The summed E-state index contributed by atoms with van der Waals surface area (Å²) in [7, 11) is 0. The lowest BCUT2D eigenvalue weighted by Crippen LogP contribution is -2.51. The van der Waals surface area contributed by atoms with Crippen molar-refractivity contribution in [1.29, 1.82) is 0 Å². The largest absolute Gasteiger partial charge is 0.354 e. The lowest BCUT2D eigenvalue weighted by atomic mass is 9.99. The number of hydrogen-bond acceptors (Lipinski definition) is 2. The van der Waals surface area contributed by atoms with E-state index in [1.165, 1.54) is 0 Å². The molecule has 0 aliphatic rings. The highest BCUT2D eigenvalue weighted by Gasteiger charge is 2.30. The molecule has 0 saturated carbocycles. The van der Waals surface area contributed by atoms with Gasteiger partial charge in [-0.25, -0.2) is 0 Å². The van der Waals surface area contributed by atoms with E-state index in [0.717, 1.165) is 40.7 Å². The van der Waals surface area contributed by atoms with Crippen LogP contribution >= 0.6 is 0 Å². The molecule has 0 aromatic heterocycles. The molecule has 34 heavy (non-hydrogen) atoms. The Bertz CT molecular complexity index is 1060. The molecule has 1 atom stereocenters. The Labute approximate surface area is 204 Å². The van der Waals surface area contributed by atoms with E-state index in [1.54, 1.807) is 4.90 Å². The van der Waals surface area contributed by atoms with Crippen LogP contribution in [0.1, 0.15) is 47.6 Å². The van der Waals surface area contributed by atoms with Gasteiger partial charge < -0.3 is 10.2 Å². The molecule has 3 aromatic carbocycles. The highest BCUT2D eigenvalue weighted by molar-refractivity contribution is 5.89. The quantitative estimate of drug-likeness (QED) is 0.393. The monoisotopic (exact) mass is 456 g/mol. The van der Waals surface area contributed by atoms with Crippen molar-refractivity contribution in [2.75, 3.05) is 6.54 Å². The molecule has 0 fully saturated rings. The van der Waals surface area contributed by atoms with Gasteiger partial charge >= 0.3 is 0 Å². The summed E-state index contributed by atoms with van der Waals surface area (Å²) >= 11 is 0. The first kappa shape index (κ1) is 25.2. The van der Waals surface area contributed by atoms with Crippen LogP contribution in [0.4, 0.5) is 0 Å². The van der Waals surface area contributed by atoms with Gasteiger partial charge in [-0.2, -0.15) is 0 Å². The zero-order valence-corrected chi connectivity index (χ0v) is 20.6. The lowest BCUT2D eigenvalue weighted by molar-refractivity contribution is -0.140. The van der Waals surface area contributed by atoms with Gasteiger partial charge in [-0.1, -0.05) is 97.8 Å².